The average Bonchev–Trinajstić information content (AvgIpc) is 3.14. The zero-order valence-electron chi connectivity index (χ0n) is 15.3. The standard InChI is InChI=1S/C20H27N3O2/c1-13-12-23-6-4-5-15(20(23)22-13)10-21-11-17-9-19-16(7-14(2)25-19)8-18(17)24-3/h8-9,12,14-15,21H,4-7,10-11H2,1-3H3/t14-,15-/m0/s1. The van der Waals surface area contributed by atoms with Crippen molar-refractivity contribution in [3.8, 4) is 11.5 Å². The lowest BCUT2D eigenvalue weighted by Crippen LogP contribution is -2.26. The maximum absolute atomic E-state index is 5.90. The molecule has 4 rings (SSSR count). The van der Waals surface area contributed by atoms with Crippen molar-refractivity contribution in [1.29, 1.82) is 0 Å². The molecule has 0 fully saturated rings. The van der Waals surface area contributed by atoms with Gasteiger partial charge in [0.1, 0.15) is 23.4 Å². The molecule has 2 aliphatic rings. The highest BCUT2D eigenvalue weighted by Crippen LogP contribution is 2.35. The Morgan fingerprint density at radius 2 is 2.28 bits per heavy atom. The van der Waals surface area contributed by atoms with Gasteiger partial charge in [0, 0.05) is 49.3 Å². The normalized spacial score (nSPS) is 21.6. The second-order valence-electron chi connectivity index (χ2n) is 7.31. The summed E-state index contributed by atoms with van der Waals surface area (Å²) in [6.45, 7) is 7.00. The Hall–Kier alpha value is -2.01. The second kappa shape index (κ2) is 6.71. The number of aryl methyl sites for hydroxylation is 2. The first-order valence-electron chi connectivity index (χ1n) is 9.25. The first-order chi connectivity index (χ1) is 12.1. The summed E-state index contributed by atoms with van der Waals surface area (Å²) in [6.07, 6.45) is 5.81. The van der Waals surface area contributed by atoms with Crippen LogP contribution >= 0.6 is 0 Å². The van der Waals surface area contributed by atoms with Crippen LogP contribution in [0.2, 0.25) is 0 Å². The predicted molar refractivity (Wildman–Crippen MR) is 97.4 cm³/mol. The number of nitrogens with one attached hydrogen (secondary N) is 1. The third-order valence-electron chi connectivity index (χ3n) is 5.25. The summed E-state index contributed by atoms with van der Waals surface area (Å²) in [4.78, 5) is 4.73. The molecule has 0 saturated carbocycles. The van der Waals surface area contributed by atoms with Gasteiger partial charge in [-0.25, -0.2) is 4.98 Å². The number of hydrogen-bond acceptors (Lipinski definition) is 4. The molecule has 134 valence electrons. The molecule has 0 unspecified atom stereocenters. The minimum absolute atomic E-state index is 0.257. The van der Waals surface area contributed by atoms with Crippen molar-refractivity contribution in [1.82, 2.24) is 14.9 Å². The van der Waals surface area contributed by atoms with Gasteiger partial charge >= 0.3 is 0 Å². The number of nitrogens with zero attached hydrogens (tertiary/aromatic N) is 2. The van der Waals surface area contributed by atoms with E-state index in [-0.39, 0.29) is 6.10 Å². The molecule has 5 nitrogen and oxygen atoms in total. The van der Waals surface area contributed by atoms with Gasteiger partial charge in [0.2, 0.25) is 0 Å². The predicted octanol–water partition coefficient (Wildman–Crippen LogP) is 3.19. The Morgan fingerprint density at radius 1 is 1.40 bits per heavy atom. The van der Waals surface area contributed by atoms with Gasteiger partial charge in [-0.1, -0.05) is 0 Å². The summed E-state index contributed by atoms with van der Waals surface area (Å²) in [5.74, 6) is 3.67. The molecule has 0 amide bonds. The quantitative estimate of drug-likeness (QED) is 0.907. The van der Waals surface area contributed by atoms with Gasteiger partial charge in [0.25, 0.3) is 0 Å². The number of rotatable bonds is 5. The lowest BCUT2D eigenvalue weighted by molar-refractivity contribution is 0.254. The third kappa shape index (κ3) is 3.25. The second-order valence-corrected chi connectivity index (χ2v) is 7.31. The molecule has 1 aromatic heterocycles. The van der Waals surface area contributed by atoms with Crippen LogP contribution in [0.25, 0.3) is 0 Å². The van der Waals surface area contributed by atoms with Gasteiger partial charge in [0.15, 0.2) is 0 Å². The number of aromatic nitrogens is 2. The number of methoxy groups -OCH3 is 1. The Morgan fingerprint density at radius 3 is 3.12 bits per heavy atom. The van der Waals surface area contributed by atoms with Gasteiger partial charge in [-0.3, -0.25) is 0 Å². The molecule has 2 aliphatic heterocycles. The average molecular weight is 341 g/mol. The molecule has 0 spiro atoms. The zero-order valence-corrected chi connectivity index (χ0v) is 15.3. The van der Waals surface area contributed by atoms with Crippen LogP contribution < -0.4 is 14.8 Å². The molecule has 0 bridgehead atoms. The highest BCUT2D eigenvalue weighted by atomic mass is 16.5. The Balaban J connectivity index is 1.43. The van der Waals surface area contributed by atoms with Gasteiger partial charge in [-0.05, 0) is 38.8 Å². The summed E-state index contributed by atoms with van der Waals surface area (Å²) >= 11 is 0. The largest absolute Gasteiger partial charge is 0.496 e. The molecule has 0 saturated heterocycles. The van der Waals surface area contributed by atoms with Crippen molar-refractivity contribution in [2.24, 2.45) is 0 Å². The van der Waals surface area contributed by atoms with Crippen LogP contribution in [0.4, 0.5) is 0 Å². The summed E-state index contributed by atoms with van der Waals surface area (Å²) in [7, 11) is 1.74. The summed E-state index contributed by atoms with van der Waals surface area (Å²) in [5.41, 5.74) is 3.53. The summed E-state index contributed by atoms with van der Waals surface area (Å²) in [6, 6.07) is 4.27. The van der Waals surface area contributed by atoms with Gasteiger partial charge < -0.3 is 19.4 Å². The number of imidazole rings is 1. The molecular formula is C20H27N3O2. The summed E-state index contributed by atoms with van der Waals surface area (Å²) < 4.78 is 13.8. The van der Waals surface area contributed by atoms with Crippen LogP contribution in [0.5, 0.6) is 11.5 Å². The molecule has 1 N–H and O–H groups in total. The lowest BCUT2D eigenvalue weighted by atomic mass is 9.98. The minimum atomic E-state index is 0.257. The number of hydrogen-bond donors (Lipinski definition) is 1. The van der Waals surface area contributed by atoms with E-state index in [1.807, 2.05) is 0 Å². The van der Waals surface area contributed by atoms with Crippen LogP contribution in [-0.2, 0) is 19.5 Å². The fourth-order valence-electron chi connectivity index (χ4n) is 4.09. The van der Waals surface area contributed by atoms with Crippen molar-refractivity contribution in [3.05, 3.63) is 41.0 Å². The molecule has 25 heavy (non-hydrogen) atoms. The lowest BCUT2D eigenvalue weighted by Gasteiger charge is -2.24. The molecule has 2 atom stereocenters. The van der Waals surface area contributed by atoms with E-state index in [4.69, 9.17) is 14.5 Å². The number of benzene rings is 1. The van der Waals surface area contributed by atoms with Crippen molar-refractivity contribution < 1.29 is 9.47 Å². The van der Waals surface area contributed by atoms with Crippen LogP contribution in [0.1, 0.15) is 48.3 Å². The molecule has 1 aromatic carbocycles. The molecule has 3 heterocycles. The van der Waals surface area contributed by atoms with Crippen molar-refractivity contribution in [2.75, 3.05) is 13.7 Å². The molecule has 0 aliphatic carbocycles. The van der Waals surface area contributed by atoms with E-state index < -0.39 is 0 Å². The molecule has 2 aromatic rings. The zero-order chi connectivity index (χ0) is 17.4. The third-order valence-corrected chi connectivity index (χ3v) is 5.25. The van der Waals surface area contributed by atoms with E-state index in [0.29, 0.717) is 5.92 Å². The van der Waals surface area contributed by atoms with Gasteiger partial charge in [-0.2, -0.15) is 0 Å². The number of ether oxygens (including phenoxy) is 2. The highest BCUT2D eigenvalue weighted by molar-refractivity contribution is 5.48. The first kappa shape index (κ1) is 16.5. The first-order valence-corrected chi connectivity index (χ1v) is 9.25. The van der Waals surface area contributed by atoms with E-state index in [1.54, 1.807) is 7.11 Å². The van der Waals surface area contributed by atoms with Crippen molar-refractivity contribution >= 4 is 0 Å². The number of fused-ring (bicyclic) bond motifs is 2. The van der Waals surface area contributed by atoms with E-state index in [1.165, 1.54) is 24.2 Å². The van der Waals surface area contributed by atoms with E-state index in [0.717, 1.165) is 48.8 Å². The smallest absolute Gasteiger partial charge is 0.123 e. The van der Waals surface area contributed by atoms with E-state index >= 15 is 0 Å². The molecular weight excluding hydrogens is 314 g/mol. The van der Waals surface area contributed by atoms with Crippen LogP contribution in [0.3, 0.4) is 0 Å². The minimum Gasteiger partial charge on any atom is -0.496 e. The van der Waals surface area contributed by atoms with Crippen molar-refractivity contribution in [3.63, 3.8) is 0 Å². The fourth-order valence-corrected chi connectivity index (χ4v) is 4.09. The monoisotopic (exact) mass is 341 g/mol. The molecule has 5 heteroatoms. The summed E-state index contributed by atoms with van der Waals surface area (Å²) in [5, 5.41) is 3.61. The van der Waals surface area contributed by atoms with E-state index in [9.17, 15) is 0 Å². The van der Waals surface area contributed by atoms with Crippen LogP contribution in [0, 0.1) is 6.92 Å². The van der Waals surface area contributed by atoms with Gasteiger partial charge in [-0.15, -0.1) is 0 Å². The Bertz CT molecular complexity index is 769. The Kier molecular flexibility index (Phi) is 4.42. The fraction of sp³-hybridized carbons (Fsp3) is 0.550. The Labute approximate surface area is 149 Å². The van der Waals surface area contributed by atoms with Crippen LogP contribution in [-0.4, -0.2) is 29.3 Å². The SMILES string of the molecule is COc1cc2c(cc1CNC[C@@H]1CCCn3cc(C)nc31)O[C@@H](C)C2. The topological polar surface area (TPSA) is 48.3 Å². The maximum Gasteiger partial charge on any atom is 0.123 e. The highest BCUT2D eigenvalue weighted by Gasteiger charge is 2.23. The van der Waals surface area contributed by atoms with E-state index in [2.05, 4.69) is 42.1 Å². The molecule has 0 radical (unpaired) electrons. The maximum atomic E-state index is 5.90. The van der Waals surface area contributed by atoms with Gasteiger partial charge in [0.05, 0.1) is 12.8 Å². The van der Waals surface area contributed by atoms with Crippen molar-refractivity contribution in [2.45, 2.75) is 58.2 Å². The van der Waals surface area contributed by atoms with Crippen LogP contribution in [0.15, 0.2) is 18.3 Å².